The van der Waals surface area contributed by atoms with E-state index in [4.69, 9.17) is 16.7 Å². The summed E-state index contributed by atoms with van der Waals surface area (Å²) in [5.41, 5.74) is 0.894. The summed E-state index contributed by atoms with van der Waals surface area (Å²) < 4.78 is 0. The quantitative estimate of drug-likeness (QED) is 0.930. The third-order valence-corrected chi connectivity index (χ3v) is 2.98. The zero-order chi connectivity index (χ0) is 13.8. The van der Waals surface area contributed by atoms with Crippen LogP contribution in [-0.2, 0) is 6.54 Å². The SMILES string of the molecule is CN(Cc1ccccc1Cl)c1cnc(C(=O)O)cn1. The van der Waals surface area contributed by atoms with Gasteiger partial charge in [0.1, 0.15) is 5.82 Å². The van der Waals surface area contributed by atoms with Crippen LogP contribution in [0, 0.1) is 0 Å². The molecule has 0 aliphatic carbocycles. The van der Waals surface area contributed by atoms with Gasteiger partial charge in [-0.05, 0) is 11.6 Å². The molecule has 0 aliphatic heterocycles. The maximum Gasteiger partial charge on any atom is 0.356 e. The lowest BCUT2D eigenvalue weighted by Gasteiger charge is -2.18. The second-order valence-corrected chi connectivity index (χ2v) is 4.42. The molecule has 0 fully saturated rings. The van der Waals surface area contributed by atoms with Gasteiger partial charge < -0.3 is 10.0 Å². The van der Waals surface area contributed by atoms with Crippen LogP contribution in [0.3, 0.4) is 0 Å². The highest BCUT2D eigenvalue weighted by molar-refractivity contribution is 6.31. The first kappa shape index (κ1) is 13.3. The van der Waals surface area contributed by atoms with Crippen LogP contribution in [0.4, 0.5) is 5.82 Å². The summed E-state index contributed by atoms with van der Waals surface area (Å²) in [6.07, 6.45) is 2.67. The molecule has 6 heteroatoms. The largest absolute Gasteiger partial charge is 0.476 e. The second-order valence-electron chi connectivity index (χ2n) is 4.01. The number of aromatic nitrogens is 2. The average Bonchev–Trinajstić information content (AvgIpc) is 2.41. The molecule has 0 unspecified atom stereocenters. The zero-order valence-corrected chi connectivity index (χ0v) is 11.0. The molecule has 2 aromatic rings. The number of carboxylic acids is 1. The summed E-state index contributed by atoms with van der Waals surface area (Å²) in [7, 11) is 1.84. The van der Waals surface area contributed by atoms with E-state index < -0.39 is 5.97 Å². The third kappa shape index (κ3) is 3.20. The molecule has 1 aromatic carbocycles. The fourth-order valence-corrected chi connectivity index (χ4v) is 1.79. The molecule has 0 radical (unpaired) electrons. The number of aromatic carboxylic acids is 1. The molecule has 0 spiro atoms. The Labute approximate surface area is 115 Å². The van der Waals surface area contributed by atoms with Crippen molar-refractivity contribution < 1.29 is 9.90 Å². The number of rotatable bonds is 4. The normalized spacial score (nSPS) is 10.2. The van der Waals surface area contributed by atoms with Crippen LogP contribution in [0.1, 0.15) is 16.1 Å². The van der Waals surface area contributed by atoms with Crippen LogP contribution in [-0.4, -0.2) is 28.1 Å². The van der Waals surface area contributed by atoms with Gasteiger partial charge in [0.25, 0.3) is 0 Å². The topological polar surface area (TPSA) is 66.3 Å². The number of carbonyl (C=O) groups is 1. The summed E-state index contributed by atoms with van der Waals surface area (Å²) >= 11 is 6.08. The van der Waals surface area contributed by atoms with Crippen LogP contribution < -0.4 is 4.90 Å². The molecule has 0 saturated carbocycles. The number of carboxylic acid groups (broad SMARTS) is 1. The van der Waals surface area contributed by atoms with Crippen molar-refractivity contribution in [2.24, 2.45) is 0 Å². The number of hydrogen-bond acceptors (Lipinski definition) is 4. The van der Waals surface area contributed by atoms with Crippen LogP contribution >= 0.6 is 11.6 Å². The van der Waals surface area contributed by atoms with Gasteiger partial charge in [0.2, 0.25) is 0 Å². The summed E-state index contributed by atoms with van der Waals surface area (Å²) in [4.78, 5) is 20.4. The van der Waals surface area contributed by atoms with Crippen molar-refractivity contribution in [2.75, 3.05) is 11.9 Å². The maximum absolute atomic E-state index is 10.7. The van der Waals surface area contributed by atoms with Crippen molar-refractivity contribution in [1.29, 1.82) is 0 Å². The van der Waals surface area contributed by atoms with Crippen molar-refractivity contribution in [3.05, 3.63) is 52.9 Å². The van der Waals surface area contributed by atoms with Crippen LogP contribution in [0.2, 0.25) is 5.02 Å². The van der Waals surface area contributed by atoms with Gasteiger partial charge in [0.15, 0.2) is 5.69 Å². The molecule has 5 nitrogen and oxygen atoms in total. The van der Waals surface area contributed by atoms with Gasteiger partial charge in [0, 0.05) is 18.6 Å². The summed E-state index contributed by atoms with van der Waals surface area (Å²) in [5.74, 6) is -0.502. The van der Waals surface area contributed by atoms with Crippen molar-refractivity contribution >= 4 is 23.4 Å². The molecule has 0 saturated heterocycles. The molecule has 1 aromatic heterocycles. The van der Waals surface area contributed by atoms with Crippen molar-refractivity contribution in [1.82, 2.24) is 9.97 Å². The first-order valence-electron chi connectivity index (χ1n) is 5.58. The first-order chi connectivity index (χ1) is 9.08. The van der Waals surface area contributed by atoms with Gasteiger partial charge in [-0.3, -0.25) is 0 Å². The smallest absolute Gasteiger partial charge is 0.356 e. The van der Waals surface area contributed by atoms with Crippen LogP contribution in [0.5, 0.6) is 0 Å². The van der Waals surface area contributed by atoms with E-state index >= 15 is 0 Å². The molecule has 1 heterocycles. The number of halogens is 1. The van der Waals surface area contributed by atoms with Gasteiger partial charge in [0.05, 0.1) is 12.4 Å². The van der Waals surface area contributed by atoms with Gasteiger partial charge >= 0.3 is 5.97 Å². The van der Waals surface area contributed by atoms with E-state index in [0.29, 0.717) is 17.4 Å². The van der Waals surface area contributed by atoms with Crippen molar-refractivity contribution in [2.45, 2.75) is 6.54 Å². The lowest BCUT2D eigenvalue weighted by Crippen LogP contribution is -2.18. The van der Waals surface area contributed by atoms with Crippen LogP contribution in [0.15, 0.2) is 36.7 Å². The Kier molecular flexibility index (Phi) is 3.97. The first-order valence-corrected chi connectivity index (χ1v) is 5.95. The number of nitrogens with zero attached hydrogens (tertiary/aromatic N) is 3. The molecular weight excluding hydrogens is 266 g/mol. The van der Waals surface area contributed by atoms with E-state index in [2.05, 4.69) is 9.97 Å². The fourth-order valence-electron chi connectivity index (χ4n) is 1.59. The minimum atomic E-state index is -1.09. The molecule has 0 aliphatic rings. The minimum absolute atomic E-state index is 0.0742. The monoisotopic (exact) mass is 277 g/mol. The number of anilines is 1. The molecule has 1 N–H and O–H groups in total. The lowest BCUT2D eigenvalue weighted by molar-refractivity contribution is 0.0690. The highest BCUT2D eigenvalue weighted by atomic mass is 35.5. The Hall–Kier alpha value is -2.14. The minimum Gasteiger partial charge on any atom is -0.476 e. The lowest BCUT2D eigenvalue weighted by atomic mass is 10.2. The van der Waals surface area contributed by atoms with Gasteiger partial charge in [-0.2, -0.15) is 0 Å². The van der Waals surface area contributed by atoms with E-state index in [1.807, 2.05) is 36.2 Å². The second kappa shape index (κ2) is 5.67. The summed E-state index contributed by atoms with van der Waals surface area (Å²) in [5, 5.41) is 9.44. The van der Waals surface area contributed by atoms with E-state index in [1.54, 1.807) is 0 Å². The Bertz CT molecular complexity index is 587. The molecule has 0 atom stereocenters. The standard InChI is InChI=1S/C13H12ClN3O2/c1-17(8-9-4-2-3-5-10(9)14)12-7-15-11(6-16-12)13(18)19/h2-7H,8H2,1H3,(H,18,19). The average molecular weight is 278 g/mol. The van der Waals surface area contributed by atoms with E-state index in [-0.39, 0.29) is 5.69 Å². The van der Waals surface area contributed by atoms with E-state index in [0.717, 1.165) is 5.56 Å². The predicted octanol–water partition coefficient (Wildman–Crippen LogP) is 2.46. The van der Waals surface area contributed by atoms with Crippen molar-refractivity contribution in [3.63, 3.8) is 0 Å². The Morgan fingerprint density at radius 1 is 1.32 bits per heavy atom. The van der Waals surface area contributed by atoms with Gasteiger partial charge in [-0.1, -0.05) is 29.8 Å². The van der Waals surface area contributed by atoms with Gasteiger partial charge in [-0.25, -0.2) is 14.8 Å². The molecule has 2 rings (SSSR count). The van der Waals surface area contributed by atoms with E-state index in [9.17, 15) is 4.79 Å². The molecule has 0 bridgehead atoms. The zero-order valence-electron chi connectivity index (χ0n) is 10.2. The summed E-state index contributed by atoms with van der Waals surface area (Å²) in [6.45, 7) is 0.570. The van der Waals surface area contributed by atoms with Crippen molar-refractivity contribution in [3.8, 4) is 0 Å². The fraction of sp³-hybridized carbons (Fsp3) is 0.154. The molecule has 0 amide bonds. The number of benzene rings is 1. The van der Waals surface area contributed by atoms with E-state index in [1.165, 1.54) is 12.4 Å². The Balaban J connectivity index is 2.14. The Morgan fingerprint density at radius 2 is 2.05 bits per heavy atom. The highest BCUT2D eigenvalue weighted by Gasteiger charge is 2.09. The molecule has 19 heavy (non-hydrogen) atoms. The molecular formula is C13H12ClN3O2. The number of hydrogen-bond donors (Lipinski definition) is 1. The van der Waals surface area contributed by atoms with Gasteiger partial charge in [-0.15, -0.1) is 0 Å². The third-order valence-electron chi connectivity index (χ3n) is 2.61. The predicted molar refractivity (Wildman–Crippen MR) is 72.6 cm³/mol. The maximum atomic E-state index is 10.7. The highest BCUT2D eigenvalue weighted by Crippen LogP contribution is 2.18. The van der Waals surface area contributed by atoms with Crippen LogP contribution in [0.25, 0.3) is 0 Å². The molecule has 98 valence electrons. The summed E-state index contributed by atoms with van der Waals surface area (Å²) in [6, 6.07) is 7.53. The Morgan fingerprint density at radius 3 is 2.63 bits per heavy atom.